The fourth-order valence-electron chi connectivity index (χ4n) is 2.56. The van der Waals surface area contributed by atoms with E-state index < -0.39 is 0 Å². The van der Waals surface area contributed by atoms with E-state index in [0.29, 0.717) is 29.4 Å². The van der Waals surface area contributed by atoms with Crippen molar-refractivity contribution >= 4 is 0 Å². The molecule has 0 saturated carbocycles. The molecule has 112 valence electrons. The highest BCUT2D eigenvalue weighted by Gasteiger charge is 2.30. The van der Waals surface area contributed by atoms with Gasteiger partial charge in [-0.1, -0.05) is 17.3 Å². The lowest BCUT2D eigenvalue weighted by atomic mass is 9.96. The van der Waals surface area contributed by atoms with Gasteiger partial charge in [-0.05, 0) is 32.0 Å². The highest BCUT2D eigenvalue weighted by atomic mass is 19.1. The third-order valence-corrected chi connectivity index (χ3v) is 3.92. The van der Waals surface area contributed by atoms with Crippen molar-refractivity contribution in [1.29, 1.82) is 0 Å². The van der Waals surface area contributed by atoms with Gasteiger partial charge in [0.05, 0.1) is 12.5 Å². The first kappa shape index (κ1) is 14.2. The summed E-state index contributed by atoms with van der Waals surface area (Å²) < 4.78 is 24.5. The zero-order valence-corrected chi connectivity index (χ0v) is 12.1. The first-order valence-corrected chi connectivity index (χ1v) is 7.04. The summed E-state index contributed by atoms with van der Waals surface area (Å²) >= 11 is 0. The van der Waals surface area contributed by atoms with Crippen LogP contribution in [0.4, 0.5) is 4.39 Å². The number of rotatable bonds is 3. The molecular formula is C15H18FN3O2. The van der Waals surface area contributed by atoms with E-state index in [1.807, 2.05) is 7.05 Å². The Morgan fingerprint density at radius 2 is 2.24 bits per heavy atom. The quantitative estimate of drug-likeness (QED) is 0.940. The Bertz CT molecular complexity index is 629. The summed E-state index contributed by atoms with van der Waals surface area (Å²) in [4.78, 5) is 4.41. The second kappa shape index (κ2) is 5.91. The van der Waals surface area contributed by atoms with Crippen molar-refractivity contribution in [2.45, 2.75) is 25.3 Å². The molecule has 1 N–H and O–H groups in total. The van der Waals surface area contributed by atoms with Crippen molar-refractivity contribution in [3.8, 4) is 11.4 Å². The lowest BCUT2D eigenvalue weighted by Crippen LogP contribution is -2.39. The lowest BCUT2D eigenvalue weighted by molar-refractivity contribution is 0.0516. The molecule has 1 aromatic heterocycles. The monoisotopic (exact) mass is 291 g/mol. The van der Waals surface area contributed by atoms with Gasteiger partial charge in [-0.15, -0.1) is 0 Å². The van der Waals surface area contributed by atoms with Gasteiger partial charge in [-0.2, -0.15) is 4.98 Å². The van der Waals surface area contributed by atoms with Gasteiger partial charge in [0, 0.05) is 18.2 Å². The van der Waals surface area contributed by atoms with Crippen molar-refractivity contribution in [3.63, 3.8) is 0 Å². The molecule has 0 spiro atoms. The molecule has 1 fully saturated rings. The van der Waals surface area contributed by atoms with E-state index in [1.165, 1.54) is 6.07 Å². The van der Waals surface area contributed by atoms with E-state index in [-0.39, 0.29) is 17.8 Å². The summed E-state index contributed by atoms with van der Waals surface area (Å²) in [5, 5.41) is 7.22. The minimum Gasteiger partial charge on any atom is -0.381 e. The highest BCUT2D eigenvalue weighted by molar-refractivity contribution is 5.55. The van der Waals surface area contributed by atoms with Gasteiger partial charge in [-0.25, -0.2) is 4.39 Å². The number of aryl methyl sites for hydroxylation is 1. The van der Waals surface area contributed by atoms with E-state index in [0.717, 1.165) is 13.0 Å². The lowest BCUT2D eigenvalue weighted by Gasteiger charge is -2.28. The number of hydrogen-bond acceptors (Lipinski definition) is 5. The van der Waals surface area contributed by atoms with E-state index in [2.05, 4.69) is 15.5 Å². The molecule has 5 nitrogen and oxygen atoms in total. The molecule has 1 aliphatic rings. The molecular weight excluding hydrogens is 273 g/mol. The number of hydrogen-bond donors (Lipinski definition) is 1. The standard InChI is InChI=1S/C15H18FN3O2/c1-9-3-4-10(7-12(9)16)14-18-15(21-19-14)11-8-20-6-5-13(11)17-2/h3-4,7,11,13,17H,5-6,8H2,1-2H3. The average molecular weight is 291 g/mol. The summed E-state index contributed by atoms with van der Waals surface area (Å²) in [5.74, 6) is 0.697. The van der Waals surface area contributed by atoms with E-state index in [4.69, 9.17) is 9.26 Å². The van der Waals surface area contributed by atoms with Crippen LogP contribution in [0.3, 0.4) is 0 Å². The molecule has 0 bridgehead atoms. The van der Waals surface area contributed by atoms with Crippen LogP contribution in [0.5, 0.6) is 0 Å². The Balaban J connectivity index is 1.86. The molecule has 6 heteroatoms. The zero-order valence-electron chi connectivity index (χ0n) is 12.1. The van der Waals surface area contributed by atoms with Crippen LogP contribution in [0, 0.1) is 12.7 Å². The molecule has 2 unspecified atom stereocenters. The molecule has 2 heterocycles. The molecule has 2 atom stereocenters. The maximum Gasteiger partial charge on any atom is 0.233 e. The average Bonchev–Trinajstić information content (AvgIpc) is 2.99. The highest BCUT2D eigenvalue weighted by Crippen LogP contribution is 2.27. The molecule has 0 aliphatic carbocycles. The summed E-state index contributed by atoms with van der Waals surface area (Å²) in [6, 6.07) is 5.18. The van der Waals surface area contributed by atoms with Crippen LogP contribution in [-0.2, 0) is 4.74 Å². The summed E-state index contributed by atoms with van der Waals surface area (Å²) in [6.07, 6.45) is 0.901. The number of likely N-dealkylation sites (N-methyl/N-ethyl adjacent to an activating group) is 1. The number of nitrogens with one attached hydrogen (secondary N) is 1. The van der Waals surface area contributed by atoms with Gasteiger partial charge < -0.3 is 14.6 Å². The van der Waals surface area contributed by atoms with Crippen LogP contribution in [0.25, 0.3) is 11.4 Å². The van der Waals surface area contributed by atoms with Crippen LogP contribution in [0.1, 0.15) is 23.8 Å². The van der Waals surface area contributed by atoms with Gasteiger partial charge in [0.25, 0.3) is 0 Å². The number of nitrogens with zero attached hydrogens (tertiary/aromatic N) is 2. The molecule has 2 aromatic rings. The molecule has 0 amide bonds. The van der Waals surface area contributed by atoms with Crippen molar-refractivity contribution < 1.29 is 13.7 Å². The van der Waals surface area contributed by atoms with Crippen molar-refractivity contribution in [2.75, 3.05) is 20.3 Å². The first-order valence-electron chi connectivity index (χ1n) is 7.04. The van der Waals surface area contributed by atoms with Crippen LogP contribution in [0.2, 0.25) is 0 Å². The topological polar surface area (TPSA) is 60.2 Å². The van der Waals surface area contributed by atoms with Crippen molar-refractivity contribution in [2.24, 2.45) is 0 Å². The minimum atomic E-state index is -0.270. The number of aromatic nitrogens is 2. The van der Waals surface area contributed by atoms with Gasteiger partial charge in [0.2, 0.25) is 11.7 Å². The van der Waals surface area contributed by atoms with Gasteiger partial charge >= 0.3 is 0 Å². The van der Waals surface area contributed by atoms with E-state index >= 15 is 0 Å². The Morgan fingerprint density at radius 3 is 3.00 bits per heavy atom. The Morgan fingerprint density at radius 1 is 1.38 bits per heavy atom. The predicted molar refractivity (Wildman–Crippen MR) is 75.5 cm³/mol. The molecule has 1 saturated heterocycles. The van der Waals surface area contributed by atoms with Crippen LogP contribution < -0.4 is 5.32 Å². The van der Waals surface area contributed by atoms with Crippen molar-refractivity contribution in [1.82, 2.24) is 15.5 Å². The fourth-order valence-corrected chi connectivity index (χ4v) is 2.56. The molecule has 1 aromatic carbocycles. The van der Waals surface area contributed by atoms with Crippen LogP contribution >= 0.6 is 0 Å². The second-order valence-corrected chi connectivity index (χ2v) is 5.29. The normalized spacial score (nSPS) is 22.4. The zero-order chi connectivity index (χ0) is 14.8. The van der Waals surface area contributed by atoms with Crippen LogP contribution in [-0.4, -0.2) is 36.4 Å². The molecule has 0 radical (unpaired) electrons. The van der Waals surface area contributed by atoms with Gasteiger partial charge in [0.1, 0.15) is 5.82 Å². The SMILES string of the molecule is CNC1CCOCC1c1nc(-c2ccc(C)c(F)c2)no1. The number of halogens is 1. The summed E-state index contributed by atoms with van der Waals surface area (Å²) in [6.45, 7) is 3.00. The predicted octanol–water partition coefficient (Wildman–Crippen LogP) is 2.28. The summed E-state index contributed by atoms with van der Waals surface area (Å²) in [5.41, 5.74) is 1.21. The second-order valence-electron chi connectivity index (χ2n) is 5.29. The summed E-state index contributed by atoms with van der Waals surface area (Å²) in [7, 11) is 1.91. The maximum absolute atomic E-state index is 13.6. The molecule has 1 aliphatic heterocycles. The fraction of sp³-hybridized carbons (Fsp3) is 0.467. The number of ether oxygens (including phenoxy) is 1. The van der Waals surface area contributed by atoms with Gasteiger partial charge in [0.15, 0.2) is 0 Å². The molecule has 3 rings (SSSR count). The largest absolute Gasteiger partial charge is 0.381 e. The maximum atomic E-state index is 13.6. The van der Waals surface area contributed by atoms with Gasteiger partial charge in [-0.3, -0.25) is 0 Å². The third-order valence-electron chi connectivity index (χ3n) is 3.92. The Hall–Kier alpha value is -1.79. The minimum absolute atomic E-state index is 0.0281. The Kier molecular flexibility index (Phi) is 3.98. The van der Waals surface area contributed by atoms with E-state index in [9.17, 15) is 4.39 Å². The van der Waals surface area contributed by atoms with Crippen LogP contribution in [0.15, 0.2) is 22.7 Å². The first-order chi connectivity index (χ1) is 10.2. The number of benzene rings is 1. The Labute approximate surface area is 122 Å². The van der Waals surface area contributed by atoms with Crippen molar-refractivity contribution in [3.05, 3.63) is 35.5 Å². The van der Waals surface area contributed by atoms with E-state index in [1.54, 1.807) is 19.1 Å². The third kappa shape index (κ3) is 2.82. The molecule has 21 heavy (non-hydrogen) atoms. The smallest absolute Gasteiger partial charge is 0.233 e.